The van der Waals surface area contributed by atoms with Crippen molar-refractivity contribution in [2.75, 3.05) is 37.7 Å². The third-order valence-electron chi connectivity index (χ3n) is 5.17. The van der Waals surface area contributed by atoms with Crippen LogP contribution in [0.5, 0.6) is 0 Å². The molecule has 0 bridgehead atoms. The van der Waals surface area contributed by atoms with Gasteiger partial charge in [-0.05, 0) is 31.0 Å². The molecule has 2 heterocycles. The van der Waals surface area contributed by atoms with Crippen molar-refractivity contribution < 1.29 is 24.0 Å². The third-order valence-corrected chi connectivity index (χ3v) is 5.17. The van der Waals surface area contributed by atoms with E-state index in [1.54, 1.807) is 11.8 Å². The molecule has 2 saturated heterocycles. The summed E-state index contributed by atoms with van der Waals surface area (Å²) in [7, 11) is 0. The van der Waals surface area contributed by atoms with Gasteiger partial charge in [-0.3, -0.25) is 14.5 Å². The first-order valence-electron chi connectivity index (χ1n) is 9.27. The summed E-state index contributed by atoms with van der Waals surface area (Å²) in [6.07, 6.45) is 0.834. The molecule has 2 aliphatic rings. The molecule has 0 spiro atoms. The van der Waals surface area contributed by atoms with E-state index in [2.05, 4.69) is 6.92 Å². The van der Waals surface area contributed by atoms with Gasteiger partial charge in [0, 0.05) is 0 Å². The van der Waals surface area contributed by atoms with Crippen LogP contribution in [0.3, 0.4) is 0 Å². The second-order valence-corrected chi connectivity index (χ2v) is 6.69. The van der Waals surface area contributed by atoms with E-state index in [0.717, 1.165) is 11.3 Å². The van der Waals surface area contributed by atoms with E-state index < -0.39 is 0 Å². The van der Waals surface area contributed by atoms with Crippen molar-refractivity contribution in [1.29, 1.82) is 0 Å². The second kappa shape index (κ2) is 7.86. The molecule has 7 nitrogen and oxygen atoms in total. The van der Waals surface area contributed by atoms with E-state index in [4.69, 9.17) is 4.74 Å². The highest BCUT2D eigenvalue weighted by atomic mass is 16.6. The molecular formula is C19H26N3O4+. The molecular weight excluding hydrogens is 334 g/mol. The standard InChI is InChI=1S/C19H25N3O4/c1-3-14-5-7-15(8-6-14)22-17(23)13-16(18(22)24)20-9-11-21(12-10-20)19(25)26-4-2/h5-8,16H,3-4,9-13H2,1-2H3/p+1. The minimum Gasteiger partial charge on any atom is -0.450 e. The molecule has 3 rings (SSSR count). The monoisotopic (exact) mass is 360 g/mol. The lowest BCUT2D eigenvalue weighted by Crippen LogP contribution is -3.19. The van der Waals surface area contributed by atoms with Crippen molar-refractivity contribution in [2.45, 2.75) is 32.7 Å². The number of anilines is 1. The first-order chi connectivity index (χ1) is 12.5. The lowest BCUT2D eigenvalue weighted by atomic mass is 10.1. The van der Waals surface area contributed by atoms with Gasteiger partial charge in [0.15, 0.2) is 6.04 Å². The number of ether oxygens (including phenoxy) is 1. The SMILES string of the molecule is CCOC(=O)N1CC[NH+](C2CC(=O)N(c3ccc(CC)cc3)C2=O)CC1. The minimum absolute atomic E-state index is 0.140. The number of nitrogens with one attached hydrogen (secondary N) is 1. The Morgan fingerprint density at radius 3 is 2.38 bits per heavy atom. The zero-order chi connectivity index (χ0) is 18.7. The largest absolute Gasteiger partial charge is 0.450 e. The summed E-state index contributed by atoms with van der Waals surface area (Å²) in [6.45, 7) is 6.57. The number of piperazine rings is 1. The Morgan fingerprint density at radius 1 is 1.15 bits per heavy atom. The summed E-state index contributed by atoms with van der Waals surface area (Å²) in [5.41, 5.74) is 1.81. The van der Waals surface area contributed by atoms with Gasteiger partial charge in [-0.2, -0.15) is 0 Å². The maximum atomic E-state index is 12.9. The van der Waals surface area contributed by atoms with Crippen LogP contribution in [-0.4, -0.2) is 61.6 Å². The Hall–Kier alpha value is -2.41. The molecule has 2 fully saturated rings. The molecule has 1 unspecified atom stereocenters. The van der Waals surface area contributed by atoms with Crippen molar-refractivity contribution >= 4 is 23.6 Å². The average molecular weight is 360 g/mol. The molecule has 1 aromatic carbocycles. The van der Waals surface area contributed by atoms with Crippen LogP contribution in [0.15, 0.2) is 24.3 Å². The molecule has 2 aliphatic heterocycles. The fraction of sp³-hybridized carbons (Fsp3) is 0.526. The first kappa shape index (κ1) is 18.4. The van der Waals surface area contributed by atoms with Crippen LogP contribution < -0.4 is 9.80 Å². The number of imide groups is 1. The number of amides is 3. The van der Waals surface area contributed by atoms with Crippen molar-refractivity contribution in [2.24, 2.45) is 0 Å². The Morgan fingerprint density at radius 2 is 1.81 bits per heavy atom. The minimum atomic E-state index is -0.363. The lowest BCUT2D eigenvalue weighted by Gasteiger charge is -2.33. The molecule has 1 atom stereocenters. The van der Waals surface area contributed by atoms with Crippen molar-refractivity contribution in [3.63, 3.8) is 0 Å². The van der Waals surface area contributed by atoms with E-state index in [-0.39, 0.29) is 30.4 Å². The molecule has 1 aromatic rings. The Labute approximate surface area is 153 Å². The highest BCUT2D eigenvalue weighted by molar-refractivity contribution is 6.21. The summed E-state index contributed by atoms with van der Waals surface area (Å²) in [4.78, 5) is 41.2. The summed E-state index contributed by atoms with van der Waals surface area (Å²) >= 11 is 0. The normalized spacial score (nSPS) is 21.4. The van der Waals surface area contributed by atoms with Crippen LogP contribution in [0.2, 0.25) is 0 Å². The fourth-order valence-corrected chi connectivity index (χ4v) is 3.64. The van der Waals surface area contributed by atoms with Gasteiger partial charge in [-0.1, -0.05) is 19.1 Å². The molecule has 0 aromatic heterocycles. The van der Waals surface area contributed by atoms with Crippen LogP contribution in [0.25, 0.3) is 0 Å². The van der Waals surface area contributed by atoms with Gasteiger partial charge < -0.3 is 9.64 Å². The van der Waals surface area contributed by atoms with Crippen LogP contribution in [-0.2, 0) is 20.7 Å². The van der Waals surface area contributed by atoms with E-state index in [9.17, 15) is 14.4 Å². The number of nitrogens with zero attached hydrogens (tertiary/aromatic N) is 2. The highest BCUT2D eigenvalue weighted by Crippen LogP contribution is 2.22. The molecule has 1 N–H and O–H groups in total. The van der Waals surface area contributed by atoms with Gasteiger partial charge in [0.25, 0.3) is 5.91 Å². The Bertz CT molecular complexity index is 681. The summed E-state index contributed by atoms with van der Waals surface area (Å²) in [5.74, 6) is -0.289. The smallest absolute Gasteiger partial charge is 0.410 e. The predicted molar refractivity (Wildman–Crippen MR) is 96.0 cm³/mol. The molecule has 0 aliphatic carbocycles. The molecule has 0 saturated carbocycles. The molecule has 7 heteroatoms. The van der Waals surface area contributed by atoms with Gasteiger partial charge in [0.05, 0.1) is 44.9 Å². The van der Waals surface area contributed by atoms with Crippen molar-refractivity contribution in [3.8, 4) is 0 Å². The number of benzene rings is 1. The lowest BCUT2D eigenvalue weighted by molar-refractivity contribution is -0.918. The van der Waals surface area contributed by atoms with E-state index in [1.165, 1.54) is 10.5 Å². The number of hydrogen-bond donors (Lipinski definition) is 1. The van der Waals surface area contributed by atoms with Gasteiger partial charge in [-0.25, -0.2) is 9.69 Å². The van der Waals surface area contributed by atoms with Gasteiger partial charge in [-0.15, -0.1) is 0 Å². The highest BCUT2D eigenvalue weighted by Gasteiger charge is 2.46. The van der Waals surface area contributed by atoms with Crippen LogP contribution in [0, 0.1) is 0 Å². The second-order valence-electron chi connectivity index (χ2n) is 6.69. The number of aryl methyl sites for hydroxylation is 1. The molecule has 26 heavy (non-hydrogen) atoms. The van der Waals surface area contributed by atoms with E-state index in [1.807, 2.05) is 24.3 Å². The van der Waals surface area contributed by atoms with Gasteiger partial charge in [0.2, 0.25) is 5.91 Å². The fourth-order valence-electron chi connectivity index (χ4n) is 3.64. The summed E-state index contributed by atoms with van der Waals surface area (Å²) < 4.78 is 5.02. The molecule has 3 amide bonds. The number of hydrogen-bond acceptors (Lipinski definition) is 4. The van der Waals surface area contributed by atoms with Crippen LogP contribution in [0.4, 0.5) is 10.5 Å². The molecule has 140 valence electrons. The number of rotatable bonds is 4. The summed E-state index contributed by atoms with van der Waals surface area (Å²) in [5, 5.41) is 0. The van der Waals surface area contributed by atoms with Crippen molar-refractivity contribution in [1.82, 2.24) is 4.90 Å². The number of carbonyl (C=O) groups is 3. The van der Waals surface area contributed by atoms with Crippen LogP contribution >= 0.6 is 0 Å². The maximum Gasteiger partial charge on any atom is 0.410 e. The zero-order valence-corrected chi connectivity index (χ0v) is 15.4. The predicted octanol–water partition coefficient (Wildman–Crippen LogP) is 0.238. The van der Waals surface area contributed by atoms with E-state index in [0.29, 0.717) is 38.5 Å². The zero-order valence-electron chi connectivity index (χ0n) is 15.4. The maximum absolute atomic E-state index is 12.9. The number of carbonyl (C=O) groups excluding carboxylic acids is 3. The number of quaternary nitrogens is 1. The molecule has 0 radical (unpaired) electrons. The van der Waals surface area contributed by atoms with Crippen molar-refractivity contribution in [3.05, 3.63) is 29.8 Å². The van der Waals surface area contributed by atoms with Crippen LogP contribution in [0.1, 0.15) is 25.8 Å². The Kier molecular flexibility index (Phi) is 5.56. The summed E-state index contributed by atoms with van der Waals surface area (Å²) in [6, 6.07) is 7.22. The van der Waals surface area contributed by atoms with Gasteiger partial charge in [0.1, 0.15) is 0 Å². The van der Waals surface area contributed by atoms with Gasteiger partial charge >= 0.3 is 6.09 Å². The topological polar surface area (TPSA) is 71.4 Å². The first-order valence-corrected chi connectivity index (χ1v) is 9.27. The quantitative estimate of drug-likeness (QED) is 0.781. The average Bonchev–Trinajstić information content (AvgIpc) is 2.96. The Balaban J connectivity index is 1.65. The van der Waals surface area contributed by atoms with E-state index >= 15 is 0 Å². The third kappa shape index (κ3) is 3.58.